The maximum atomic E-state index is 12.4. The molecule has 0 unspecified atom stereocenters. The second-order valence-electron chi connectivity index (χ2n) is 6.97. The molecule has 0 bridgehead atoms. The van der Waals surface area contributed by atoms with Crippen LogP contribution >= 0.6 is 0 Å². The Morgan fingerprint density at radius 3 is 2.61 bits per heavy atom. The van der Waals surface area contributed by atoms with Gasteiger partial charge in [-0.1, -0.05) is 30.3 Å². The van der Waals surface area contributed by atoms with Crippen LogP contribution in [0.4, 0.5) is 0 Å². The fraction of sp³-hybridized carbons (Fsp3) is 0.409. The number of guanidine groups is 1. The quantitative estimate of drug-likeness (QED) is 0.310. The summed E-state index contributed by atoms with van der Waals surface area (Å²) in [6, 6.07) is 14.7. The second kappa shape index (κ2) is 12.3. The molecule has 0 radical (unpaired) electrons. The lowest BCUT2D eigenvalue weighted by molar-refractivity contribution is 0.204. The van der Waals surface area contributed by atoms with Crippen molar-refractivity contribution in [3.63, 3.8) is 0 Å². The molecule has 0 aliphatic carbocycles. The van der Waals surface area contributed by atoms with Crippen molar-refractivity contribution >= 4 is 16.0 Å². The summed E-state index contributed by atoms with van der Waals surface area (Å²) in [7, 11) is 1.59. The molecule has 0 fully saturated rings. The van der Waals surface area contributed by atoms with Gasteiger partial charge in [-0.3, -0.25) is 4.99 Å². The van der Waals surface area contributed by atoms with Crippen LogP contribution in [-0.4, -0.2) is 66.8 Å². The molecule has 0 aliphatic rings. The number of benzene rings is 2. The lowest BCUT2D eigenvalue weighted by Gasteiger charge is -2.22. The van der Waals surface area contributed by atoms with E-state index in [2.05, 4.69) is 15.0 Å². The molecule has 8 nitrogen and oxygen atoms in total. The van der Waals surface area contributed by atoms with Crippen molar-refractivity contribution in [2.24, 2.45) is 4.99 Å². The van der Waals surface area contributed by atoms with E-state index in [0.717, 1.165) is 16.9 Å². The molecule has 0 heterocycles. The van der Waals surface area contributed by atoms with Gasteiger partial charge in [-0.05, 0) is 36.2 Å². The van der Waals surface area contributed by atoms with Crippen molar-refractivity contribution in [1.29, 1.82) is 0 Å². The third-order valence-electron chi connectivity index (χ3n) is 4.61. The number of rotatable bonds is 11. The molecule has 9 heteroatoms. The standard InChI is InChI=1S/C22H32N4O4S/c1-18-8-5-6-11-21(18)30-15-13-26(3)22(23-2)24-17-19-9-7-10-20(16-19)31(27,28)25-12-14-29-4/h5-11,16,25H,12-15,17H2,1-4H3,(H,23,24). The lowest BCUT2D eigenvalue weighted by Crippen LogP contribution is -2.40. The van der Waals surface area contributed by atoms with Crippen molar-refractivity contribution in [3.05, 3.63) is 59.7 Å². The predicted octanol–water partition coefficient (Wildman–Crippen LogP) is 2.01. The molecule has 0 amide bonds. The van der Waals surface area contributed by atoms with Crippen molar-refractivity contribution in [1.82, 2.24) is 14.9 Å². The number of aryl methyl sites for hydroxylation is 1. The summed E-state index contributed by atoms with van der Waals surface area (Å²) in [6.45, 7) is 4.16. The molecule has 2 aromatic carbocycles. The highest BCUT2D eigenvalue weighted by atomic mass is 32.2. The molecule has 31 heavy (non-hydrogen) atoms. The third kappa shape index (κ3) is 7.86. The van der Waals surface area contributed by atoms with Gasteiger partial charge in [0.25, 0.3) is 0 Å². The Kier molecular flexibility index (Phi) is 9.77. The first-order chi connectivity index (χ1) is 14.9. The zero-order chi connectivity index (χ0) is 22.7. The van der Waals surface area contributed by atoms with Gasteiger partial charge in [-0.2, -0.15) is 0 Å². The second-order valence-corrected chi connectivity index (χ2v) is 8.74. The van der Waals surface area contributed by atoms with Gasteiger partial charge >= 0.3 is 0 Å². The molecule has 0 spiro atoms. The maximum absolute atomic E-state index is 12.4. The highest BCUT2D eigenvalue weighted by Gasteiger charge is 2.14. The topological polar surface area (TPSA) is 92.3 Å². The summed E-state index contributed by atoms with van der Waals surface area (Å²) in [6.07, 6.45) is 0. The number of para-hydroxylation sites is 1. The number of aliphatic imine (C=N–C) groups is 1. The fourth-order valence-electron chi connectivity index (χ4n) is 2.87. The number of nitrogens with zero attached hydrogens (tertiary/aromatic N) is 2. The summed E-state index contributed by atoms with van der Waals surface area (Å²) < 4.78 is 38.0. The van der Waals surface area contributed by atoms with Crippen molar-refractivity contribution in [2.75, 3.05) is 47.5 Å². The van der Waals surface area contributed by atoms with E-state index in [-0.39, 0.29) is 11.4 Å². The number of sulfonamides is 1. The zero-order valence-electron chi connectivity index (χ0n) is 18.6. The first-order valence-corrected chi connectivity index (χ1v) is 11.5. The minimum absolute atomic E-state index is 0.220. The maximum Gasteiger partial charge on any atom is 0.240 e. The first-order valence-electron chi connectivity index (χ1n) is 10.0. The fourth-order valence-corrected chi connectivity index (χ4v) is 3.95. The van der Waals surface area contributed by atoms with E-state index in [4.69, 9.17) is 9.47 Å². The summed E-state index contributed by atoms with van der Waals surface area (Å²) in [5.74, 6) is 1.57. The van der Waals surface area contributed by atoms with Gasteiger partial charge in [0.05, 0.1) is 18.0 Å². The van der Waals surface area contributed by atoms with E-state index < -0.39 is 10.0 Å². The van der Waals surface area contributed by atoms with Crippen LogP contribution < -0.4 is 14.8 Å². The summed E-state index contributed by atoms with van der Waals surface area (Å²) in [5, 5.41) is 3.26. The van der Waals surface area contributed by atoms with Gasteiger partial charge in [-0.15, -0.1) is 0 Å². The average molecular weight is 449 g/mol. The van der Waals surface area contributed by atoms with Crippen LogP contribution in [0.25, 0.3) is 0 Å². The van der Waals surface area contributed by atoms with Crippen LogP contribution in [-0.2, 0) is 21.3 Å². The Balaban J connectivity index is 1.89. The van der Waals surface area contributed by atoms with Gasteiger partial charge in [0.1, 0.15) is 12.4 Å². The Morgan fingerprint density at radius 1 is 1.13 bits per heavy atom. The van der Waals surface area contributed by atoms with Crippen molar-refractivity contribution in [3.8, 4) is 5.75 Å². The zero-order valence-corrected chi connectivity index (χ0v) is 19.4. The van der Waals surface area contributed by atoms with E-state index in [0.29, 0.717) is 32.3 Å². The van der Waals surface area contributed by atoms with E-state index in [1.54, 1.807) is 25.2 Å². The Morgan fingerprint density at radius 2 is 1.90 bits per heavy atom. The number of hydrogen-bond donors (Lipinski definition) is 2. The molecule has 170 valence electrons. The van der Waals surface area contributed by atoms with E-state index >= 15 is 0 Å². The number of methoxy groups -OCH3 is 1. The number of ether oxygens (including phenoxy) is 2. The third-order valence-corrected chi connectivity index (χ3v) is 6.07. The Bertz CT molecular complexity index is 963. The van der Waals surface area contributed by atoms with Crippen LogP contribution in [0.2, 0.25) is 0 Å². The van der Waals surface area contributed by atoms with Crippen LogP contribution in [0.5, 0.6) is 5.75 Å². The minimum atomic E-state index is -3.57. The smallest absolute Gasteiger partial charge is 0.240 e. The molecule has 0 saturated heterocycles. The van der Waals surface area contributed by atoms with E-state index in [1.165, 1.54) is 7.11 Å². The number of hydrogen-bond acceptors (Lipinski definition) is 5. The molecule has 0 aliphatic heterocycles. The van der Waals surface area contributed by atoms with Gasteiger partial charge in [0.15, 0.2) is 5.96 Å². The number of nitrogens with one attached hydrogen (secondary N) is 2. The molecule has 2 aromatic rings. The largest absolute Gasteiger partial charge is 0.491 e. The van der Waals surface area contributed by atoms with Crippen molar-refractivity contribution in [2.45, 2.75) is 18.4 Å². The van der Waals surface area contributed by atoms with Gasteiger partial charge in [-0.25, -0.2) is 13.1 Å². The summed E-state index contributed by atoms with van der Waals surface area (Å²) >= 11 is 0. The Labute approximate surface area is 185 Å². The molecule has 0 saturated carbocycles. The molecule has 0 atom stereocenters. The monoisotopic (exact) mass is 448 g/mol. The predicted molar refractivity (Wildman–Crippen MR) is 123 cm³/mol. The lowest BCUT2D eigenvalue weighted by atomic mass is 10.2. The van der Waals surface area contributed by atoms with Crippen LogP contribution in [0.15, 0.2) is 58.4 Å². The highest BCUT2D eigenvalue weighted by Crippen LogP contribution is 2.16. The van der Waals surface area contributed by atoms with Gasteiger partial charge in [0.2, 0.25) is 10.0 Å². The Hall–Kier alpha value is -2.62. The van der Waals surface area contributed by atoms with Crippen molar-refractivity contribution < 1.29 is 17.9 Å². The minimum Gasteiger partial charge on any atom is -0.491 e. The normalized spacial score (nSPS) is 11.9. The van der Waals surface area contributed by atoms with E-state index in [1.807, 2.05) is 49.2 Å². The molecule has 2 rings (SSSR count). The highest BCUT2D eigenvalue weighted by molar-refractivity contribution is 7.89. The van der Waals surface area contributed by atoms with E-state index in [9.17, 15) is 8.42 Å². The van der Waals surface area contributed by atoms with Gasteiger partial charge < -0.3 is 19.7 Å². The molecule has 0 aromatic heterocycles. The van der Waals surface area contributed by atoms with Gasteiger partial charge in [0, 0.05) is 34.3 Å². The molecular weight excluding hydrogens is 416 g/mol. The summed E-state index contributed by atoms with van der Waals surface area (Å²) in [5.41, 5.74) is 1.93. The molecule has 2 N–H and O–H groups in total. The van der Waals surface area contributed by atoms with Crippen LogP contribution in [0.1, 0.15) is 11.1 Å². The van der Waals surface area contributed by atoms with Crippen LogP contribution in [0, 0.1) is 6.92 Å². The molecular formula is C22H32N4O4S. The summed E-state index contributed by atoms with van der Waals surface area (Å²) in [4.78, 5) is 6.48. The first kappa shape index (κ1) is 24.6. The number of likely N-dealkylation sites (N-methyl/N-ethyl adjacent to an activating group) is 1. The average Bonchev–Trinajstić information content (AvgIpc) is 2.76. The van der Waals surface area contributed by atoms with Crippen LogP contribution in [0.3, 0.4) is 0 Å². The SMILES string of the molecule is CN=C(NCc1cccc(S(=O)(=O)NCCOC)c1)N(C)CCOc1ccccc1C.